The fourth-order valence-electron chi connectivity index (χ4n) is 2.36. The van der Waals surface area contributed by atoms with Crippen molar-refractivity contribution >= 4 is 39.8 Å². The summed E-state index contributed by atoms with van der Waals surface area (Å²) in [4.78, 5) is 22.4. The average molecular weight is 359 g/mol. The van der Waals surface area contributed by atoms with Crippen molar-refractivity contribution in [1.82, 2.24) is 4.57 Å². The molecule has 3 aromatic rings. The molecular formula is C16H11ClN4O4. The van der Waals surface area contributed by atoms with Gasteiger partial charge in [-0.15, -0.1) is 10.2 Å². The molecule has 0 aliphatic carbocycles. The molecule has 9 heteroatoms. The van der Waals surface area contributed by atoms with E-state index in [0.717, 1.165) is 0 Å². The van der Waals surface area contributed by atoms with Crippen LogP contribution >= 0.6 is 11.6 Å². The number of non-ortho nitro benzene ring substituents is 1. The van der Waals surface area contributed by atoms with E-state index >= 15 is 0 Å². The number of benzene rings is 2. The number of nitro benzene ring substituents is 1. The minimum Gasteiger partial charge on any atom is -0.493 e. The number of azo groups is 1. The van der Waals surface area contributed by atoms with Crippen LogP contribution in [0.2, 0.25) is 5.02 Å². The highest BCUT2D eigenvalue weighted by atomic mass is 35.5. The van der Waals surface area contributed by atoms with Crippen molar-refractivity contribution in [1.29, 1.82) is 0 Å². The first-order valence-electron chi connectivity index (χ1n) is 7.06. The fourth-order valence-corrected chi connectivity index (χ4v) is 2.48. The number of fused-ring (bicyclic) bond motifs is 1. The third-order valence-corrected chi connectivity index (χ3v) is 3.92. The maximum atomic E-state index is 12.1. The number of nitrogens with zero attached hydrogens (tertiary/aromatic N) is 4. The standard InChI is InChI=1S/C16H11ClN4O4/c1-20-13-7-6-11(21(24)25)8-12(13)14(16(20)23)18-19-15(22)9-2-4-10(17)5-3-9/h2-8,23H,1H3. The van der Waals surface area contributed by atoms with Crippen molar-refractivity contribution in [2.24, 2.45) is 17.3 Å². The van der Waals surface area contributed by atoms with E-state index in [9.17, 15) is 20.0 Å². The van der Waals surface area contributed by atoms with E-state index in [0.29, 0.717) is 15.9 Å². The molecule has 25 heavy (non-hydrogen) atoms. The fraction of sp³-hybridized carbons (Fsp3) is 0.0625. The zero-order chi connectivity index (χ0) is 18.1. The number of nitro groups is 1. The van der Waals surface area contributed by atoms with Crippen LogP contribution in [0.4, 0.5) is 11.4 Å². The summed E-state index contributed by atoms with van der Waals surface area (Å²) in [7, 11) is 1.57. The van der Waals surface area contributed by atoms with E-state index in [2.05, 4.69) is 10.2 Å². The SMILES string of the molecule is Cn1c(O)c(N=NC(=O)c2ccc(Cl)cc2)c2cc([N+](=O)[O-])ccc21. The van der Waals surface area contributed by atoms with Crippen LogP contribution in [0.15, 0.2) is 52.7 Å². The summed E-state index contributed by atoms with van der Waals surface area (Å²) in [5, 5.41) is 29.3. The van der Waals surface area contributed by atoms with Gasteiger partial charge in [0.2, 0.25) is 5.88 Å². The largest absolute Gasteiger partial charge is 0.493 e. The number of hydrogen-bond acceptors (Lipinski definition) is 5. The van der Waals surface area contributed by atoms with Crippen LogP contribution in [-0.2, 0) is 7.05 Å². The van der Waals surface area contributed by atoms with Crippen molar-refractivity contribution in [2.45, 2.75) is 0 Å². The highest BCUT2D eigenvalue weighted by molar-refractivity contribution is 6.30. The van der Waals surface area contributed by atoms with Gasteiger partial charge in [0.1, 0.15) is 0 Å². The summed E-state index contributed by atoms with van der Waals surface area (Å²) >= 11 is 5.76. The first-order valence-corrected chi connectivity index (χ1v) is 7.43. The molecule has 1 aromatic heterocycles. The Balaban J connectivity index is 2.04. The molecule has 0 atom stereocenters. The molecule has 126 valence electrons. The van der Waals surface area contributed by atoms with Gasteiger partial charge in [0.15, 0.2) is 5.69 Å². The lowest BCUT2D eigenvalue weighted by molar-refractivity contribution is -0.384. The lowest BCUT2D eigenvalue weighted by Crippen LogP contribution is -1.92. The topological polar surface area (TPSA) is 110 Å². The summed E-state index contributed by atoms with van der Waals surface area (Å²) in [6, 6.07) is 10.2. The van der Waals surface area contributed by atoms with Crippen LogP contribution < -0.4 is 0 Å². The van der Waals surface area contributed by atoms with Gasteiger partial charge in [-0.2, -0.15) is 0 Å². The molecule has 8 nitrogen and oxygen atoms in total. The molecular weight excluding hydrogens is 348 g/mol. The average Bonchev–Trinajstić information content (AvgIpc) is 2.84. The summed E-state index contributed by atoms with van der Waals surface area (Å²) in [6.45, 7) is 0. The van der Waals surface area contributed by atoms with Crippen LogP contribution in [0.3, 0.4) is 0 Å². The number of aromatic nitrogens is 1. The van der Waals surface area contributed by atoms with Gasteiger partial charge in [-0.3, -0.25) is 14.9 Å². The molecule has 1 heterocycles. The summed E-state index contributed by atoms with van der Waals surface area (Å²) in [6.07, 6.45) is 0. The van der Waals surface area contributed by atoms with Crippen molar-refractivity contribution in [3.8, 4) is 5.88 Å². The predicted molar refractivity (Wildman–Crippen MR) is 91.5 cm³/mol. The number of amides is 1. The molecule has 0 saturated heterocycles. The third-order valence-electron chi connectivity index (χ3n) is 3.67. The summed E-state index contributed by atoms with van der Waals surface area (Å²) < 4.78 is 1.40. The lowest BCUT2D eigenvalue weighted by atomic mass is 10.2. The molecule has 0 radical (unpaired) electrons. The zero-order valence-corrected chi connectivity index (χ0v) is 13.6. The molecule has 0 saturated carbocycles. The second-order valence-corrected chi connectivity index (χ2v) is 5.64. The minimum atomic E-state index is -0.626. The van der Waals surface area contributed by atoms with Gasteiger partial charge < -0.3 is 9.67 Å². The maximum absolute atomic E-state index is 12.1. The van der Waals surface area contributed by atoms with Crippen molar-refractivity contribution < 1.29 is 14.8 Å². The van der Waals surface area contributed by atoms with Crippen LogP contribution in [0.1, 0.15) is 10.4 Å². The van der Waals surface area contributed by atoms with Gasteiger partial charge >= 0.3 is 0 Å². The summed E-state index contributed by atoms with van der Waals surface area (Å²) in [5.74, 6) is -0.873. The van der Waals surface area contributed by atoms with E-state index in [1.165, 1.54) is 34.9 Å². The van der Waals surface area contributed by atoms with Gasteiger partial charge in [-0.1, -0.05) is 11.6 Å². The number of carbonyl (C=O) groups excluding carboxylic acids is 1. The highest BCUT2D eigenvalue weighted by Gasteiger charge is 2.18. The maximum Gasteiger partial charge on any atom is 0.295 e. The first-order chi connectivity index (χ1) is 11.9. The molecule has 0 fully saturated rings. The number of carbonyl (C=O) groups is 1. The zero-order valence-electron chi connectivity index (χ0n) is 12.9. The van der Waals surface area contributed by atoms with E-state index in [1.54, 1.807) is 19.2 Å². The molecule has 0 bridgehead atoms. The Kier molecular flexibility index (Phi) is 4.20. The molecule has 0 aliphatic rings. The van der Waals surface area contributed by atoms with Gasteiger partial charge in [0.05, 0.1) is 10.4 Å². The Labute approximate surface area is 146 Å². The van der Waals surface area contributed by atoms with Crippen molar-refractivity contribution in [3.63, 3.8) is 0 Å². The van der Waals surface area contributed by atoms with Gasteiger partial charge in [0, 0.05) is 35.2 Å². The quantitative estimate of drug-likeness (QED) is 0.425. The highest BCUT2D eigenvalue weighted by Crippen LogP contribution is 2.39. The number of rotatable bonds is 3. The Morgan fingerprint density at radius 1 is 1.24 bits per heavy atom. The van der Waals surface area contributed by atoms with E-state index < -0.39 is 10.8 Å². The molecule has 1 N–H and O–H groups in total. The molecule has 0 aliphatic heterocycles. The predicted octanol–water partition coefficient (Wildman–Crippen LogP) is 4.37. The Bertz CT molecular complexity index is 1020. The molecule has 0 spiro atoms. The van der Waals surface area contributed by atoms with Crippen molar-refractivity contribution in [3.05, 3.63) is 63.2 Å². The molecule has 3 rings (SSSR count). The minimum absolute atomic E-state index is 0.0106. The van der Waals surface area contributed by atoms with Crippen molar-refractivity contribution in [2.75, 3.05) is 0 Å². The normalized spacial score (nSPS) is 11.3. The van der Waals surface area contributed by atoms with Gasteiger partial charge in [-0.25, -0.2) is 0 Å². The van der Waals surface area contributed by atoms with E-state index in [4.69, 9.17) is 11.6 Å². The number of aryl methyl sites for hydroxylation is 1. The Morgan fingerprint density at radius 3 is 2.56 bits per heavy atom. The third kappa shape index (κ3) is 3.07. The lowest BCUT2D eigenvalue weighted by Gasteiger charge is -1.96. The molecule has 1 amide bonds. The van der Waals surface area contributed by atoms with Crippen LogP contribution in [0.5, 0.6) is 5.88 Å². The molecule has 2 aromatic carbocycles. The Morgan fingerprint density at radius 2 is 1.92 bits per heavy atom. The second kappa shape index (κ2) is 6.33. The molecule has 0 unspecified atom stereocenters. The van der Waals surface area contributed by atoms with Gasteiger partial charge in [0.25, 0.3) is 11.6 Å². The van der Waals surface area contributed by atoms with Crippen LogP contribution in [0, 0.1) is 10.1 Å². The van der Waals surface area contributed by atoms with Gasteiger partial charge in [-0.05, 0) is 30.3 Å². The van der Waals surface area contributed by atoms with E-state index in [1.807, 2.05) is 0 Å². The van der Waals surface area contributed by atoms with E-state index in [-0.39, 0.29) is 22.8 Å². The first kappa shape index (κ1) is 16.6. The Hall–Kier alpha value is -3.26. The number of hydrogen-bond donors (Lipinski definition) is 1. The van der Waals surface area contributed by atoms with Crippen LogP contribution in [-0.4, -0.2) is 20.5 Å². The van der Waals surface area contributed by atoms with Crippen LogP contribution in [0.25, 0.3) is 10.9 Å². The second-order valence-electron chi connectivity index (χ2n) is 5.20. The number of halogens is 1. The summed E-state index contributed by atoms with van der Waals surface area (Å²) in [5.41, 5.74) is 0.636. The number of aromatic hydroxyl groups is 1. The monoisotopic (exact) mass is 358 g/mol. The smallest absolute Gasteiger partial charge is 0.295 e.